The van der Waals surface area contributed by atoms with E-state index in [0.29, 0.717) is 25.0 Å². The molecule has 6 atom stereocenters. The first-order chi connectivity index (χ1) is 18.0. The van der Waals surface area contributed by atoms with Crippen LogP contribution in [0.4, 0.5) is 0 Å². The van der Waals surface area contributed by atoms with Crippen LogP contribution in [0.25, 0.3) is 0 Å². The van der Waals surface area contributed by atoms with Crippen LogP contribution in [0, 0.1) is 30.1 Å². The van der Waals surface area contributed by atoms with Gasteiger partial charge in [0.1, 0.15) is 5.69 Å². The topological polar surface area (TPSA) is 108 Å². The number of carbonyl (C=O) groups excluding carboxylic acids is 2. The van der Waals surface area contributed by atoms with Gasteiger partial charge in [0.05, 0.1) is 10.9 Å². The Bertz CT molecular complexity index is 1180. The number of rotatable bonds is 11. The summed E-state index contributed by atoms with van der Waals surface area (Å²) in [5.41, 5.74) is 2.11. The van der Waals surface area contributed by atoms with Crippen molar-refractivity contribution in [2.75, 3.05) is 0 Å². The van der Waals surface area contributed by atoms with Crippen molar-refractivity contribution in [3.05, 3.63) is 51.5 Å². The summed E-state index contributed by atoms with van der Waals surface area (Å²) in [7, 11) is 0. The number of thiazole rings is 1. The molecule has 0 saturated heterocycles. The van der Waals surface area contributed by atoms with Gasteiger partial charge in [-0.1, -0.05) is 58.9 Å². The molecular formula is C30H39N3O4S. The van der Waals surface area contributed by atoms with E-state index >= 15 is 0 Å². The standard InChI is InChI=1S/C30H39N3O4S/c1-7-20(8-2)19(6)27(34)32-25(17(3)4)13-18(5)29-33-26(16-38-29)28(35)31-22-14-21-11-9-10-12-23(21)24(15-22)30(36)37/h1,9-12,16-20,22,24-25H,8,13-15H2,2-6H3,(H,31,35)(H,32,34)(H,36,37)/t18-,19+,20+,22+,24?,25-/m1/s1. The number of hydrogen-bond acceptors (Lipinski definition) is 5. The summed E-state index contributed by atoms with van der Waals surface area (Å²) in [5, 5.41) is 18.5. The van der Waals surface area contributed by atoms with Crippen LogP contribution < -0.4 is 10.6 Å². The van der Waals surface area contributed by atoms with Crippen molar-refractivity contribution in [3.63, 3.8) is 0 Å². The highest BCUT2D eigenvalue weighted by atomic mass is 32.1. The summed E-state index contributed by atoms with van der Waals surface area (Å²) in [5.74, 6) is 0.772. The molecule has 8 heteroatoms. The highest BCUT2D eigenvalue weighted by molar-refractivity contribution is 7.09. The van der Waals surface area contributed by atoms with Crippen LogP contribution in [0.3, 0.4) is 0 Å². The van der Waals surface area contributed by atoms with E-state index in [9.17, 15) is 19.5 Å². The van der Waals surface area contributed by atoms with E-state index in [1.165, 1.54) is 11.3 Å². The maximum Gasteiger partial charge on any atom is 0.311 e. The predicted octanol–water partition coefficient (Wildman–Crippen LogP) is 4.99. The molecule has 0 saturated carbocycles. The van der Waals surface area contributed by atoms with Gasteiger partial charge in [0.25, 0.3) is 5.91 Å². The lowest BCUT2D eigenvalue weighted by Gasteiger charge is -2.29. The molecule has 0 spiro atoms. The van der Waals surface area contributed by atoms with Crippen molar-refractivity contribution in [2.45, 2.75) is 84.2 Å². The fourth-order valence-corrected chi connectivity index (χ4v) is 6.01. The molecule has 1 aliphatic rings. The zero-order valence-corrected chi connectivity index (χ0v) is 23.7. The van der Waals surface area contributed by atoms with E-state index in [-0.39, 0.29) is 47.6 Å². The second-order valence-electron chi connectivity index (χ2n) is 10.7. The normalized spacial score (nSPS) is 19.9. The fourth-order valence-electron chi connectivity index (χ4n) is 5.13. The van der Waals surface area contributed by atoms with E-state index in [4.69, 9.17) is 6.42 Å². The molecular weight excluding hydrogens is 498 g/mol. The maximum absolute atomic E-state index is 13.0. The van der Waals surface area contributed by atoms with Gasteiger partial charge in [-0.2, -0.15) is 0 Å². The van der Waals surface area contributed by atoms with E-state index in [0.717, 1.165) is 22.6 Å². The van der Waals surface area contributed by atoms with Crippen LogP contribution in [-0.4, -0.2) is 40.0 Å². The average Bonchev–Trinajstić information content (AvgIpc) is 3.39. The summed E-state index contributed by atoms with van der Waals surface area (Å²) in [6, 6.07) is 7.18. The fraction of sp³-hybridized carbons (Fsp3) is 0.533. The smallest absolute Gasteiger partial charge is 0.311 e. The van der Waals surface area contributed by atoms with Crippen molar-refractivity contribution >= 4 is 29.1 Å². The maximum atomic E-state index is 13.0. The van der Waals surface area contributed by atoms with Gasteiger partial charge >= 0.3 is 5.97 Å². The summed E-state index contributed by atoms with van der Waals surface area (Å²) in [4.78, 5) is 42.3. The number of carboxylic acid groups (broad SMARTS) is 1. The molecule has 1 unspecified atom stereocenters. The molecule has 3 N–H and O–H groups in total. The molecule has 1 aromatic carbocycles. The van der Waals surface area contributed by atoms with Crippen molar-refractivity contribution in [1.82, 2.24) is 15.6 Å². The minimum atomic E-state index is -0.883. The number of hydrogen-bond donors (Lipinski definition) is 3. The largest absolute Gasteiger partial charge is 0.481 e. The molecule has 38 heavy (non-hydrogen) atoms. The number of nitrogens with zero attached hydrogens (tertiary/aromatic N) is 1. The number of terminal acetylenes is 1. The van der Waals surface area contributed by atoms with Crippen LogP contribution >= 0.6 is 11.3 Å². The number of carboxylic acids is 1. The summed E-state index contributed by atoms with van der Waals surface area (Å²) >= 11 is 1.43. The summed E-state index contributed by atoms with van der Waals surface area (Å²) in [6.45, 7) is 10.1. The second-order valence-corrected chi connectivity index (χ2v) is 11.6. The van der Waals surface area contributed by atoms with Crippen LogP contribution in [0.5, 0.6) is 0 Å². The van der Waals surface area contributed by atoms with Crippen molar-refractivity contribution in [2.24, 2.45) is 17.8 Å². The molecule has 1 heterocycles. The summed E-state index contributed by atoms with van der Waals surface area (Å²) < 4.78 is 0. The third-order valence-corrected chi connectivity index (χ3v) is 8.71. The van der Waals surface area contributed by atoms with Gasteiger partial charge in [0.2, 0.25) is 5.91 Å². The molecule has 7 nitrogen and oxygen atoms in total. The van der Waals surface area contributed by atoms with E-state index in [2.05, 4.69) is 42.3 Å². The average molecular weight is 538 g/mol. The van der Waals surface area contributed by atoms with Gasteiger partial charge in [-0.25, -0.2) is 4.98 Å². The SMILES string of the molecule is C#C[C@@H](CC)[C@H](C)C(=O)N[C@H](C[C@@H](C)c1nc(C(=O)N[C@H]2Cc3ccccc3C(C(=O)O)C2)cs1)C(C)C. The third kappa shape index (κ3) is 7.02. The van der Waals surface area contributed by atoms with Crippen LogP contribution in [0.1, 0.15) is 92.3 Å². The molecule has 1 aromatic heterocycles. The Morgan fingerprint density at radius 1 is 1.21 bits per heavy atom. The number of fused-ring (bicyclic) bond motifs is 1. The lowest BCUT2D eigenvalue weighted by atomic mass is 9.80. The van der Waals surface area contributed by atoms with Crippen molar-refractivity contribution < 1.29 is 19.5 Å². The number of benzene rings is 1. The van der Waals surface area contributed by atoms with Gasteiger partial charge in [-0.3, -0.25) is 14.4 Å². The summed E-state index contributed by atoms with van der Waals surface area (Å²) in [6.07, 6.45) is 7.98. The van der Waals surface area contributed by atoms with Gasteiger partial charge in [-0.15, -0.1) is 23.7 Å². The quantitative estimate of drug-likeness (QED) is 0.350. The van der Waals surface area contributed by atoms with Gasteiger partial charge in [0.15, 0.2) is 0 Å². The molecule has 1 aliphatic carbocycles. The predicted molar refractivity (Wildman–Crippen MR) is 150 cm³/mol. The Balaban J connectivity index is 1.63. The lowest BCUT2D eigenvalue weighted by Crippen LogP contribution is -2.43. The molecule has 0 bridgehead atoms. The molecule has 2 amide bonds. The molecule has 0 radical (unpaired) electrons. The Morgan fingerprint density at radius 3 is 2.55 bits per heavy atom. The molecule has 0 fully saturated rings. The Kier molecular flexibility index (Phi) is 10.1. The monoisotopic (exact) mass is 537 g/mol. The van der Waals surface area contributed by atoms with E-state index in [1.54, 1.807) is 5.38 Å². The van der Waals surface area contributed by atoms with Crippen LogP contribution in [-0.2, 0) is 16.0 Å². The first-order valence-electron chi connectivity index (χ1n) is 13.4. The van der Waals surface area contributed by atoms with E-state index < -0.39 is 11.9 Å². The van der Waals surface area contributed by atoms with Gasteiger partial charge < -0.3 is 15.7 Å². The Morgan fingerprint density at radius 2 is 1.92 bits per heavy atom. The van der Waals surface area contributed by atoms with Crippen LogP contribution in [0.15, 0.2) is 29.6 Å². The second kappa shape index (κ2) is 13.1. The first-order valence-corrected chi connectivity index (χ1v) is 14.3. The lowest BCUT2D eigenvalue weighted by molar-refractivity contribution is -0.139. The molecule has 204 valence electrons. The minimum absolute atomic E-state index is 0.0337. The van der Waals surface area contributed by atoms with Crippen LogP contribution in [0.2, 0.25) is 0 Å². The highest BCUT2D eigenvalue weighted by Gasteiger charge is 2.33. The van der Waals surface area contributed by atoms with Gasteiger partial charge in [-0.05, 0) is 42.7 Å². The zero-order chi connectivity index (χ0) is 28.0. The number of amides is 2. The molecule has 3 rings (SSSR count). The number of aromatic nitrogens is 1. The van der Waals surface area contributed by atoms with Gasteiger partial charge in [0, 0.05) is 35.2 Å². The third-order valence-electron chi connectivity index (χ3n) is 7.64. The first kappa shape index (κ1) is 29.4. The number of nitrogens with one attached hydrogen (secondary N) is 2. The van der Waals surface area contributed by atoms with Crippen molar-refractivity contribution in [3.8, 4) is 12.3 Å². The Labute approximate surface area is 229 Å². The minimum Gasteiger partial charge on any atom is -0.481 e. The molecule has 2 aromatic rings. The van der Waals surface area contributed by atoms with E-state index in [1.807, 2.05) is 38.1 Å². The number of carbonyl (C=O) groups is 3. The number of aliphatic carboxylic acids is 1. The zero-order valence-electron chi connectivity index (χ0n) is 22.9. The molecule has 0 aliphatic heterocycles. The Hall–Kier alpha value is -3.18. The highest BCUT2D eigenvalue weighted by Crippen LogP contribution is 2.32. The van der Waals surface area contributed by atoms with Crippen molar-refractivity contribution in [1.29, 1.82) is 0 Å².